The SMILES string of the molecule is Cc1nc(-c2ccc3ccnc(N[C@H]4CCN(C(=O)c5cnc[nH]5)C4)c3c2)no1. The van der Waals surface area contributed by atoms with E-state index >= 15 is 0 Å². The van der Waals surface area contributed by atoms with Crippen LogP contribution in [0, 0.1) is 6.92 Å². The average molecular weight is 389 g/mol. The number of nitrogens with one attached hydrogen (secondary N) is 2. The number of anilines is 1. The summed E-state index contributed by atoms with van der Waals surface area (Å²) in [5.74, 6) is 1.83. The first-order chi connectivity index (χ1) is 14.2. The van der Waals surface area contributed by atoms with Crippen LogP contribution in [0.4, 0.5) is 5.82 Å². The smallest absolute Gasteiger partial charge is 0.271 e. The van der Waals surface area contributed by atoms with Gasteiger partial charge in [-0.2, -0.15) is 4.98 Å². The number of carbonyl (C=O) groups is 1. The minimum Gasteiger partial charge on any atom is -0.365 e. The zero-order valence-electron chi connectivity index (χ0n) is 15.8. The van der Waals surface area contributed by atoms with Crippen molar-refractivity contribution in [3.05, 3.63) is 54.6 Å². The number of aromatic nitrogens is 5. The molecule has 1 aromatic carbocycles. The molecule has 4 aromatic rings. The van der Waals surface area contributed by atoms with Crippen molar-refractivity contribution < 1.29 is 9.32 Å². The van der Waals surface area contributed by atoms with Crippen molar-refractivity contribution in [2.75, 3.05) is 18.4 Å². The Hall–Kier alpha value is -3.75. The highest BCUT2D eigenvalue weighted by atomic mass is 16.5. The number of likely N-dealkylation sites (tertiary alicyclic amines) is 1. The zero-order chi connectivity index (χ0) is 19.8. The Bertz CT molecular complexity index is 1170. The molecule has 146 valence electrons. The molecule has 0 unspecified atom stereocenters. The van der Waals surface area contributed by atoms with Crippen LogP contribution in [0.15, 0.2) is 47.5 Å². The molecule has 1 amide bonds. The van der Waals surface area contributed by atoms with E-state index in [-0.39, 0.29) is 11.9 Å². The van der Waals surface area contributed by atoms with Gasteiger partial charge in [-0.1, -0.05) is 17.3 Å². The van der Waals surface area contributed by atoms with E-state index in [1.807, 2.05) is 29.2 Å². The maximum atomic E-state index is 12.5. The van der Waals surface area contributed by atoms with E-state index in [2.05, 4.69) is 30.4 Å². The van der Waals surface area contributed by atoms with Crippen LogP contribution < -0.4 is 5.32 Å². The van der Waals surface area contributed by atoms with Crippen molar-refractivity contribution in [1.29, 1.82) is 0 Å². The maximum absolute atomic E-state index is 12.5. The van der Waals surface area contributed by atoms with Crippen molar-refractivity contribution in [1.82, 2.24) is 30.0 Å². The van der Waals surface area contributed by atoms with Crippen LogP contribution in [0.3, 0.4) is 0 Å². The molecule has 1 aliphatic rings. The lowest BCUT2D eigenvalue weighted by molar-refractivity contribution is 0.0786. The van der Waals surface area contributed by atoms with E-state index in [9.17, 15) is 4.79 Å². The first-order valence-electron chi connectivity index (χ1n) is 9.41. The molecule has 0 radical (unpaired) electrons. The Morgan fingerprint density at radius 2 is 2.28 bits per heavy atom. The minimum absolute atomic E-state index is 0.0348. The number of imidazole rings is 1. The molecule has 0 spiro atoms. The zero-order valence-corrected chi connectivity index (χ0v) is 15.8. The van der Waals surface area contributed by atoms with Gasteiger partial charge in [0.15, 0.2) is 0 Å². The summed E-state index contributed by atoms with van der Waals surface area (Å²) in [5, 5.41) is 9.55. The largest absolute Gasteiger partial charge is 0.365 e. The van der Waals surface area contributed by atoms with E-state index in [0.717, 1.165) is 28.6 Å². The van der Waals surface area contributed by atoms with Crippen LogP contribution in [-0.2, 0) is 0 Å². The summed E-state index contributed by atoms with van der Waals surface area (Å²) in [5.41, 5.74) is 1.38. The molecule has 9 heteroatoms. The Balaban J connectivity index is 1.38. The summed E-state index contributed by atoms with van der Waals surface area (Å²) in [4.78, 5) is 30.0. The molecule has 1 atom stereocenters. The van der Waals surface area contributed by atoms with Gasteiger partial charge in [-0.15, -0.1) is 0 Å². The first kappa shape index (κ1) is 17.4. The summed E-state index contributed by atoms with van der Waals surface area (Å²) < 4.78 is 5.10. The lowest BCUT2D eigenvalue weighted by atomic mass is 10.1. The second kappa shape index (κ2) is 7.01. The monoisotopic (exact) mass is 389 g/mol. The van der Waals surface area contributed by atoms with Crippen LogP contribution in [0.2, 0.25) is 0 Å². The fraction of sp³-hybridized carbons (Fsp3) is 0.250. The van der Waals surface area contributed by atoms with Gasteiger partial charge in [0.25, 0.3) is 5.91 Å². The number of hydrogen-bond donors (Lipinski definition) is 2. The number of nitrogens with zero attached hydrogens (tertiary/aromatic N) is 5. The second-order valence-electron chi connectivity index (χ2n) is 7.08. The number of H-pyrrole nitrogens is 1. The standard InChI is InChI=1S/C20H19N7O2/c1-12-24-18(26-29-12)14-3-2-13-4-6-22-19(16(13)8-14)25-15-5-7-27(10-15)20(28)17-9-21-11-23-17/h2-4,6,8-9,11,15H,5,7,10H2,1H3,(H,21,23)(H,22,25)/t15-/m0/s1. The van der Waals surface area contributed by atoms with E-state index in [4.69, 9.17) is 4.52 Å². The van der Waals surface area contributed by atoms with Crippen LogP contribution >= 0.6 is 0 Å². The van der Waals surface area contributed by atoms with Crippen LogP contribution in [0.25, 0.3) is 22.2 Å². The third kappa shape index (κ3) is 3.31. The highest BCUT2D eigenvalue weighted by molar-refractivity contribution is 5.95. The molecule has 0 saturated carbocycles. The summed E-state index contributed by atoms with van der Waals surface area (Å²) in [7, 11) is 0. The van der Waals surface area contributed by atoms with Crippen molar-refractivity contribution >= 4 is 22.5 Å². The molecule has 29 heavy (non-hydrogen) atoms. The highest BCUT2D eigenvalue weighted by Crippen LogP contribution is 2.28. The number of hydrogen-bond acceptors (Lipinski definition) is 7. The minimum atomic E-state index is -0.0348. The van der Waals surface area contributed by atoms with Gasteiger partial charge in [0.1, 0.15) is 11.5 Å². The Morgan fingerprint density at radius 1 is 1.34 bits per heavy atom. The maximum Gasteiger partial charge on any atom is 0.271 e. The lowest BCUT2D eigenvalue weighted by Crippen LogP contribution is -2.31. The molecule has 9 nitrogen and oxygen atoms in total. The van der Waals surface area contributed by atoms with Gasteiger partial charge in [-0.05, 0) is 23.9 Å². The Morgan fingerprint density at radius 3 is 3.07 bits per heavy atom. The van der Waals surface area contributed by atoms with E-state index in [1.54, 1.807) is 19.3 Å². The van der Waals surface area contributed by atoms with E-state index in [0.29, 0.717) is 30.5 Å². The molecular formula is C20H19N7O2. The number of aryl methyl sites for hydroxylation is 1. The van der Waals surface area contributed by atoms with Crippen molar-refractivity contribution in [2.24, 2.45) is 0 Å². The first-order valence-corrected chi connectivity index (χ1v) is 9.41. The number of carbonyl (C=O) groups excluding carboxylic acids is 1. The van der Waals surface area contributed by atoms with Gasteiger partial charge in [-0.3, -0.25) is 4.79 Å². The van der Waals surface area contributed by atoms with Gasteiger partial charge in [0.2, 0.25) is 11.7 Å². The second-order valence-corrected chi connectivity index (χ2v) is 7.08. The van der Waals surface area contributed by atoms with Gasteiger partial charge in [-0.25, -0.2) is 9.97 Å². The fourth-order valence-corrected chi connectivity index (χ4v) is 3.64. The normalized spacial score (nSPS) is 16.4. The van der Waals surface area contributed by atoms with Crippen LogP contribution in [-0.4, -0.2) is 55.0 Å². The molecule has 2 N–H and O–H groups in total. The van der Waals surface area contributed by atoms with E-state index < -0.39 is 0 Å². The third-order valence-corrected chi connectivity index (χ3v) is 5.10. The number of rotatable bonds is 4. The predicted molar refractivity (Wildman–Crippen MR) is 106 cm³/mol. The summed E-state index contributed by atoms with van der Waals surface area (Å²) >= 11 is 0. The molecule has 0 aliphatic carbocycles. The number of amides is 1. The Labute approximate surface area is 166 Å². The lowest BCUT2D eigenvalue weighted by Gasteiger charge is -2.17. The summed E-state index contributed by atoms with van der Waals surface area (Å²) in [6.07, 6.45) is 5.70. The summed E-state index contributed by atoms with van der Waals surface area (Å²) in [6, 6.07) is 8.09. The van der Waals surface area contributed by atoms with E-state index in [1.165, 1.54) is 6.33 Å². The van der Waals surface area contributed by atoms with Crippen LogP contribution in [0.1, 0.15) is 22.8 Å². The quantitative estimate of drug-likeness (QED) is 0.552. The van der Waals surface area contributed by atoms with Crippen molar-refractivity contribution in [3.8, 4) is 11.4 Å². The number of fused-ring (bicyclic) bond motifs is 1. The van der Waals surface area contributed by atoms with Crippen molar-refractivity contribution in [3.63, 3.8) is 0 Å². The molecule has 1 aliphatic heterocycles. The number of pyridine rings is 1. The molecule has 0 bridgehead atoms. The Kier molecular flexibility index (Phi) is 4.19. The average Bonchev–Trinajstić information content (AvgIpc) is 3.50. The molecule has 3 aromatic heterocycles. The molecule has 1 fully saturated rings. The molecule has 4 heterocycles. The van der Waals surface area contributed by atoms with Crippen molar-refractivity contribution in [2.45, 2.75) is 19.4 Å². The number of benzene rings is 1. The molecular weight excluding hydrogens is 370 g/mol. The highest BCUT2D eigenvalue weighted by Gasteiger charge is 2.28. The van der Waals surface area contributed by atoms with Gasteiger partial charge < -0.3 is 19.7 Å². The fourth-order valence-electron chi connectivity index (χ4n) is 3.64. The summed E-state index contributed by atoms with van der Waals surface area (Å²) in [6.45, 7) is 3.07. The number of aromatic amines is 1. The topological polar surface area (TPSA) is 113 Å². The van der Waals surface area contributed by atoms with Crippen LogP contribution in [0.5, 0.6) is 0 Å². The third-order valence-electron chi connectivity index (χ3n) is 5.10. The van der Waals surface area contributed by atoms with Gasteiger partial charge in [0.05, 0.1) is 12.5 Å². The predicted octanol–water partition coefficient (Wildman–Crippen LogP) is 2.64. The molecule has 5 rings (SSSR count). The van der Waals surface area contributed by atoms with Gasteiger partial charge >= 0.3 is 0 Å². The van der Waals surface area contributed by atoms with Gasteiger partial charge in [0, 0.05) is 43.2 Å². The molecule has 1 saturated heterocycles.